The van der Waals surface area contributed by atoms with Crippen molar-refractivity contribution in [3.8, 4) is 28.9 Å². The van der Waals surface area contributed by atoms with Crippen LogP contribution in [-0.4, -0.2) is 25.2 Å². The summed E-state index contributed by atoms with van der Waals surface area (Å²) in [6, 6.07) is 30.2. The van der Waals surface area contributed by atoms with Gasteiger partial charge in [0, 0.05) is 17.3 Å². The number of hydrogen-bond acceptors (Lipinski definition) is 5. The Morgan fingerprint density at radius 3 is 2.23 bits per heavy atom. The number of nitrogens with zero attached hydrogens (tertiary/aromatic N) is 4. The number of carbonyl (C=O) groups excluding carboxylic acids is 1. The van der Waals surface area contributed by atoms with Crippen molar-refractivity contribution in [1.29, 1.82) is 5.26 Å². The number of pyridine rings is 1. The van der Waals surface area contributed by atoms with E-state index in [2.05, 4.69) is 0 Å². The maximum atomic E-state index is 13.5. The van der Waals surface area contributed by atoms with Crippen LogP contribution < -0.4 is 5.56 Å². The van der Waals surface area contributed by atoms with Gasteiger partial charge in [-0.2, -0.15) is 10.4 Å². The highest BCUT2D eigenvalue weighted by atomic mass is 16.3. The summed E-state index contributed by atoms with van der Waals surface area (Å²) in [5.41, 5.74) is 3.08. The van der Waals surface area contributed by atoms with Crippen LogP contribution in [0.25, 0.3) is 23.0 Å². The fraction of sp³-hybridized carbons (Fsp3) is 0.0625. The van der Waals surface area contributed by atoms with Crippen molar-refractivity contribution in [1.82, 2.24) is 14.3 Å². The minimum Gasteiger partial charge on any atom is -0.494 e. The maximum Gasteiger partial charge on any atom is 0.271 e. The predicted octanol–water partition coefficient (Wildman–Crippen LogP) is 5.53. The lowest BCUT2D eigenvalue weighted by atomic mass is 10.0. The minimum atomic E-state index is -0.646. The van der Waals surface area contributed by atoms with Gasteiger partial charge in [0.2, 0.25) is 5.88 Å². The first-order valence-corrected chi connectivity index (χ1v) is 12.3. The van der Waals surface area contributed by atoms with E-state index >= 15 is 0 Å². The number of allylic oxidation sites excluding steroid dienone is 1. The zero-order valence-electron chi connectivity index (χ0n) is 21.2. The average molecular weight is 513 g/mol. The molecule has 0 saturated heterocycles. The van der Waals surface area contributed by atoms with Crippen LogP contribution in [0.5, 0.6) is 5.88 Å². The molecular formula is C32H24N4O3. The van der Waals surface area contributed by atoms with Crippen molar-refractivity contribution >= 4 is 11.9 Å². The van der Waals surface area contributed by atoms with Gasteiger partial charge in [0.15, 0.2) is 5.78 Å². The zero-order valence-corrected chi connectivity index (χ0v) is 21.2. The van der Waals surface area contributed by atoms with Crippen LogP contribution in [0.2, 0.25) is 0 Å². The first-order chi connectivity index (χ1) is 19.0. The summed E-state index contributed by atoms with van der Waals surface area (Å²) < 4.78 is 2.80. The van der Waals surface area contributed by atoms with Gasteiger partial charge in [-0.1, -0.05) is 78.9 Å². The van der Waals surface area contributed by atoms with Crippen molar-refractivity contribution < 1.29 is 9.90 Å². The normalized spacial score (nSPS) is 11.0. The molecule has 0 fully saturated rings. The second-order valence-electron chi connectivity index (χ2n) is 8.96. The van der Waals surface area contributed by atoms with Crippen LogP contribution in [-0.2, 0) is 6.54 Å². The quantitative estimate of drug-likeness (QED) is 0.228. The van der Waals surface area contributed by atoms with E-state index in [1.54, 1.807) is 22.9 Å². The summed E-state index contributed by atoms with van der Waals surface area (Å²) in [5, 5.41) is 25.5. The molecular weight excluding hydrogens is 488 g/mol. The summed E-state index contributed by atoms with van der Waals surface area (Å²) in [7, 11) is 0. The number of para-hydroxylation sites is 1. The Balaban J connectivity index is 1.58. The van der Waals surface area contributed by atoms with E-state index in [9.17, 15) is 20.0 Å². The molecule has 7 heteroatoms. The van der Waals surface area contributed by atoms with E-state index in [4.69, 9.17) is 5.10 Å². The minimum absolute atomic E-state index is 0.0203. The molecule has 190 valence electrons. The van der Waals surface area contributed by atoms with E-state index < -0.39 is 17.2 Å². The van der Waals surface area contributed by atoms with Crippen molar-refractivity contribution in [2.75, 3.05) is 0 Å². The maximum absolute atomic E-state index is 13.5. The van der Waals surface area contributed by atoms with Crippen LogP contribution >= 0.6 is 0 Å². The first kappa shape index (κ1) is 25.2. The Bertz CT molecular complexity index is 1780. The van der Waals surface area contributed by atoms with E-state index in [0.29, 0.717) is 11.3 Å². The van der Waals surface area contributed by atoms with Crippen LogP contribution in [0, 0.1) is 18.3 Å². The van der Waals surface area contributed by atoms with Gasteiger partial charge in [-0.15, -0.1) is 0 Å². The molecule has 0 radical (unpaired) electrons. The molecule has 0 atom stereocenters. The third kappa shape index (κ3) is 5.04. The van der Waals surface area contributed by atoms with E-state index in [-0.39, 0.29) is 23.2 Å². The van der Waals surface area contributed by atoms with Gasteiger partial charge in [-0.3, -0.25) is 14.2 Å². The van der Waals surface area contributed by atoms with Gasteiger partial charge in [0.05, 0.1) is 23.5 Å². The molecule has 5 rings (SSSR count). The number of nitriles is 1. The third-order valence-corrected chi connectivity index (χ3v) is 6.45. The number of rotatable bonds is 7. The van der Waals surface area contributed by atoms with Crippen molar-refractivity contribution in [3.05, 3.63) is 141 Å². The molecule has 5 aromatic rings. The SMILES string of the molecule is Cc1c(C(=O)/C=C/c2cn(-c3ccccc3)nc2-c2ccccc2)c(O)n(Cc2ccccc2)c(=O)c1C#N. The average Bonchev–Trinajstić information content (AvgIpc) is 3.40. The number of ketones is 1. The van der Waals surface area contributed by atoms with Gasteiger partial charge in [-0.05, 0) is 42.3 Å². The Morgan fingerprint density at radius 2 is 1.59 bits per heavy atom. The van der Waals surface area contributed by atoms with Gasteiger partial charge < -0.3 is 5.11 Å². The largest absolute Gasteiger partial charge is 0.494 e. The Hall–Kier alpha value is -5.48. The highest BCUT2D eigenvalue weighted by Crippen LogP contribution is 2.27. The molecule has 2 aromatic heterocycles. The highest BCUT2D eigenvalue weighted by Gasteiger charge is 2.23. The fourth-order valence-corrected chi connectivity index (χ4v) is 4.45. The summed E-state index contributed by atoms with van der Waals surface area (Å²) >= 11 is 0. The molecule has 0 spiro atoms. The molecule has 39 heavy (non-hydrogen) atoms. The first-order valence-electron chi connectivity index (χ1n) is 12.3. The van der Waals surface area contributed by atoms with E-state index in [1.807, 2.05) is 91.1 Å². The molecule has 0 amide bonds. The second kappa shape index (κ2) is 10.9. The van der Waals surface area contributed by atoms with Gasteiger partial charge >= 0.3 is 0 Å². The number of hydrogen-bond donors (Lipinski definition) is 1. The Kier molecular flexibility index (Phi) is 7.02. The Labute approximate surface area is 225 Å². The molecule has 0 aliphatic carbocycles. The fourth-order valence-electron chi connectivity index (χ4n) is 4.45. The number of aromatic hydroxyl groups is 1. The van der Waals surface area contributed by atoms with Gasteiger partial charge in [0.1, 0.15) is 11.6 Å². The highest BCUT2D eigenvalue weighted by molar-refractivity contribution is 6.09. The van der Waals surface area contributed by atoms with Crippen LogP contribution in [0.4, 0.5) is 0 Å². The Morgan fingerprint density at radius 1 is 0.974 bits per heavy atom. The number of benzene rings is 3. The molecule has 0 aliphatic rings. The van der Waals surface area contributed by atoms with E-state index in [0.717, 1.165) is 21.4 Å². The third-order valence-electron chi connectivity index (χ3n) is 6.45. The molecule has 0 aliphatic heterocycles. The molecule has 1 N–H and O–H groups in total. The van der Waals surface area contributed by atoms with Gasteiger partial charge in [-0.25, -0.2) is 4.68 Å². The monoisotopic (exact) mass is 512 g/mol. The summed E-state index contributed by atoms with van der Waals surface area (Å²) in [5.74, 6) is -1.01. The van der Waals surface area contributed by atoms with Crippen molar-refractivity contribution in [2.45, 2.75) is 13.5 Å². The zero-order chi connectivity index (χ0) is 27.4. The smallest absolute Gasteiger partial charge is 0.271 e. The topological polar surface area (TPSA) is 101 Å². The van der Waals surface area contributed by atoms with Gasteiger partial charge in [0.25, 0.3) is 5.56 Å². The standard InChI is InChI=1S/C32H24N4O3/c1-22-27(19-33)31(38)35(20-23-11-5-2-6-12-23)32(39)29(22)28(37)18-17-25-21-36(26-15-9-4-10-16-26)34-30(25)24-13-7-3-8-14-24/h2-18,21,39H,20H2,1H3/b18-17+. The summed E-state index contributed by atoms with van der Waals surface area (Å²) in [6.45, 7) is 1.52. The molecule has 0 saturated carbocycles. The van der Waals surface area contributed by atoms with Crippen LogP contribution in [0.3, 0.4) is 0 Å². The molecule has 7 nitrogen and oxygen atoms in total. The van der Waals surface area contributed by atoms with E-state index in [1.165, 1.54) is 13.0 Å². The lowest BCUT2D eigenvalue weighted by molar-refractivity contribution is 0.104. The molecule has 0 unspecified atom stereocenters. The number of aromatic nitrogens is 3. The number of carbonyl (C=O) groups is 1. The van der Waals surface area contributed by atoms with Crippen molar-refractivity contribution in [2.24, 2.45) is 0 Å². The lowest BCUT2D eigenvalue weighted by Crippen LogP contribution is -2.26. The molecule has 3 aromatic carbocycles. The predicted molar refractivity (Wildman–Crippen MR) is 150 cm³/mol. The van der Waals surface area contributed by atoms with Crippen LogP contribution in [0.1, 0.15) is 32.6 Å². The van der Waals surface area contributed by atoms with Crippen LogP contribution in [0.15, 0.2) is 108 Å². The molecule has 2 heterocycles. The molecule has 0 bridgehead atoms. The van der Waals surface area contributed by atoms with Crippen molar-refractivity contribution in [3.63, 3.8) is 0 Å². The summed E-state index contributed by atoms with van der Waals surface area (Å²) in [4.78, 5) is 26.4. The summed E-state index contributed by atoms with van der Waals surface area (Å²) in [6.07, 6.45) is 4.79. The second-order valence-corrected chi connectivity index (χ2v) is 8.96. The lowest BCUT2D eigenvalue weighted by Gasteiger charge is -2.14.